The number of hydrazine groups is 1. The molecule has 0 spiro atoms. The SMILES string of the molecule is Cc1cn(C2CCN(C(=O)CO)CC2)c2c1=C(N)N1NCC(c3ccc(-c4ccn(C)n4)nc3)=C1N=2. The number of hydrogen-bond acceptors (Lipinski definition) is 8. The van der Waals surface area contributed by atoms with Crippen LogP contribution in [0.25, 0.3) is 22.8 Å². The van der Waals surface area contributed by atoms with Crippen molar-refractivity contribution in [2.45, 2.75) is 25.8 Å². The van der Waals surface area contributed by atoms with Gasteiger partial charge in [0, 0.05) is 62.5 Å². The first kappa shape index (κ1) is 22.5. The second-order valence-corrected chi connectivity index (χ2v) is 9.46. The maximum absolute atomic E-state index is 11.9. The van der Waals surface area contributed by atoms with Crippen LogP contribution in [-0.2, 0) is 11.8 Å². The summed E-state index contributed by atoms with van der Waals surface area (Å²) in [6, 6.07) is 6.17. The van der Waals surface area contributed by atoms with E-state index in [1.807, 2.05) is 49.6 Å². The number of aliphatic hydroxyl groups is 1. The number of aromatic nitrogens is 4. The number of carbonyl (C=O) groups excluding carboxylic acids is 1. The molecule has 0 aliphatic carbocycles. The molecule has 0 bridgehead atoms. The number of nitrogens with one attached hydrogen (secondary N) is 1. The lowest BCUT2D eigenvalue weighted by Crippen LogP contribution is -2.48. The molecule has 1 amide bonds. The van der Waals surface area contributed by atoms with Crippen LogP contribution < -0.4 is 21.9 Å². The zero-order chi connectivity index (χ0) is 25.0. The third-order valence-electron chi connectivity index (χ3n) is 7.23. The van der Waals surface area contributed by atoms with Crippen molar-refractivity contribution in [3.8, 4) is 11.4 Å². The Morgan fingerprint density at radius 3 is 2.69 bits per heavy atom. The monoisotopic (exact) mass is 487 g/mol. The molecule has 3 aliphatic rings. The van der Waals surface area contributed by atoms with E-state index in [0.29, 0.717) is 25.5 Å². The van der Waals surface area contributed by atoms with Crippen molar-refractivity contribution in [1.29, 1.82) is 0 Å². The molecule has 0 atom stereocenters. The number of fused-ring (bicyclic) bond motifs is 2. The third-order valence-corrected chi connectivity index (χ3v) is 7.23. The fraction of sp³-hybridized carbons (Fsp3) is 0.360. The highest BCUT2D eigenvalue weighted by atomic mass is 16.3. The maximum Gasteiger partial charge on any atom is 0.248 e. The second-order valence-electron chi connectivity index (χ2n) is 9.46. The molecule has 0 aromatic carbocycles. The Morgan fingerprint density at radius 1 is 1.22 bits per heavy atom. The number of likely N-dealkylation sites (tertiary alicyclic amines) is 1. The molecule has 6 heterocycles. The van der Waals surface area contributed by atoms with E-state index >= 15 is 0 Å². The molecule has 0 unspecified atom stereocenters. The lowest BCUT2D eigenvalue weighted by molar-refractivity contribution is -0.135. The average molecular weight is 488 g/mol. The Balaban J connectivity index is 1.37. The highest BCUT2D eigenvalue weighted by molar-refractivity contribution is 5.77. The largest absolute Gasteiger partial charge is 0.387 e. The molecule has 0 radical (unpaired) electrons. The molecule has 3 aromatic heterocycles. The summed E-state index contributed by atoms with van der Waals surface area (Å²) in [5, 5.41) is 16.4. The van der Waals surface area contributed by atoms with Crippen LogP contribution in [0.1, 0.15) is 30.0 Å². The first-order valence-electron chi connectivity index (χ1n) is 12.1. The van der Waals surface area contributed by atoms with Crippen LogP contribution in [0, 0.1) is 6.92 Å². The standard InChI is InChI=1S/C25H29N9O2/c1-15-13-33(17-5-9-32(10-6-17)21(36)14-35)25-22(15)23(26)34-24(29-25)18(12-28-34)16-3-4-19(27-11-16)20-7-8-31(2)30-20/h3-4,7-8,11,13,17,28,35H,5-6,9-10,12,14,26H2,1-2H3. The molecule has 3 aliphatic heterocycles. The fourth-order valence-corrected chi connectivity index (χ4v) is 5.32. The number of amides is 1. The zero-order valence-corrected chi connectivity index (χ0v) is 20.3. The van der Waals surface area contributed by atoms with Crippen molar-refractivity contribution < 1.29 is 9.90 Å². The lowest BCUT2D eigenvalue weighted by atomic mass is 10.0. The Labute approximate surface area is 207 Å². The molecule has 1 fully saturated rings. The number of aliphatic hydroxyl groups excluding tert-OH is 1. The molecular weight excluding hydrogens is 458 g/mol. The highest BCUT2D eigenvalue weighted by Gasteiger charge is 2.31. The minimum Gasteiger partial charge on any atom is -0.387 e. The van der Waals surface area contributed by atoms with Gasteiger partial charge in [-0.05, 0) is 37.5 Å². The van der Waals surface area contributed by atoms with Crippen LogP contribution >= 0.6 is 0 Å². The van der Waals surface area contributed by atoms with Crippen molar-refractivity contribution in [2.24, 2.45) is 17.8 Å². The zero-order valence-electron chi connectivity index (χ0n) is 20.3. The minimum atomic E-state index is -0.443. The molecule has 11 heteroatoms. The van der Waals surface area contributed by atoms with E-state index in [1.165, 1.54) is 0 Å². The summed E-state index contributed by atoms with van der Waals surface area (Å²) in [6.45, 7) is 3.43. The van der Waals surface area contributed by atoms with Crippen LogP contribution in [0.2, 0.25) is 0 Å². The van der Waals surface area contributed by atoms with Gasteiger partial charge in [0.05, 0.1) is 10.9 Å². The van der Waals surface area contributed by atoms with Gasteiger partial charge < -0.3 is 20.3 Å². The van der Waals surface area contributed by atoms with Gasteiger partial charge in [-0.1, -0.05) is 6.07 Å². The van der Waals surface area contributed by atoms with Crippen LogP contribution in [0.4, 0.5) is 0 Å². The van der Waals surface area contributed by atoms with E-state index in [1.54, 1.807) is 9.58 Å². The van der Waals surface area contributed by atoms with Gasteiger partial charge in [0.25, 0.3) is 0 Å². The van der Waals surface area contributed by atoms with Gasteiger partial charge in [-0.15, -0.1) is 0 Å². The predicted octanol–water partition coefficient (Wildman–Crippen LogP) is -0.406. The first-order chi connectivity index (χ1) is 17.4. The van der Waals surface area contributed by atoms with E-state index in [9.17, 15) is 9.90 Å². The van der Waals surface area contributed by atoms with E-state index < -0.39 is 6.61 Å². The van der Waals surface area contributed by atoms with Crippen molar-refractivity contribution in [3.05, 3.63) is 64.4 Å². The van der Waals surface area contributed by atoms with Crippen LogP contribution in [0.15, 0.2) is 47.6 Å². The molecule has 4 N–H and O–H groups in total. The van der Waals surface area contributed by atoms with Gasteiger partial charge in [0.15, 0.2) is 5.82 Å². The molecule has 36 heavy (non-hydrogen) atoms. The van der Waals surface area contributed by atoms with Crippen molar-refractivity contribution in [2.75, 3.05) is 26.2 Å². The Bertz CT molecular complexity index is 1490. The minimum absolute atomic E-state index is 0.205. The smallest absolute Gasteiger partial charge is 0.248 e. The second kappa shape index (κ2) is 8.61. The normalized spacial score (nSPS) is 17.9. The van der Waals surface area contributed by atoms with Gasteiger partial charge in [-0.25, -0.2) is 15.4 Å². The van der Waals surface area contributed by atoms with Gasteiger partial charge in [-0.2, -0.15) is 5.10 Å². The van der Waals surface area contributed by atoms with E-state index in [4.69, 9.17) is 10.7 Å². The number of nitrogens with zero attached hydrogens (tertiary/aromatic N) is 7. The molecule has 6 rings (SSSR count). The summed E-state index contributed by atoms with van der Waals surface area (Å²) in [6.07, 6.45) is 7.47. The molecular formula is C25H29N9O2. The van der Waals surface area contributed by atoms with Crippen LogP contribution in [0.3, 0.4) is 0 Å². The molecule has 1 saturated heterocycles. The summed E-state index contributed by atoms with van der Waals surface area (Å²) in [7, 11) is 1.89. The summed E-state index contributed by atoms with van der Waals surface area (Å²) in [4.78, 5) is 23.4. The summed E-state index contributed by atoms with van der Waals surface area (Å²) in [5.74, 6) is 1.19. The van der Waals surface area contributed by atoms with E-state index in [2.05, 4.69) is 26.3 Å². The average Bonchev–Trinajstić information content (AvgIpc) is 3.61. The number of carbonyl (C=O) groups is 1. The van der Waals surface area contributed by atoms with E-state index in [-0.39, 0.29) is 11.9 Å². The van der Waals surface area contributed by atoms with E-state index in [0.717, 1.165) is 57.5 Å². The molecule has 11 nitrogen and oxygen atoms in total. The molecule has 186 valence electrons. The number of aryl methyl sites for hydroxylation is 2. The predicted molar refractivity (Wildman–Crippen MR) is 133 cm³/mol. The summed E-state index contributed by atoms with van der Waals surface area (Å²) >= 11 is 0. The molecule has 0 saturated carbocycles. The third kappa shape index (κ3) is 3.59. The van der Waals surface area contributed by atoms with Gasteiger partial charge in [0.1, 0.15) is 23.6 Å². The number of hydrogen-bond donors (Lipinski definition) is 3. The lowest BCUT2D eigenvalue weighted by Gasteiger charge is -2.32. The topological polar surface area (TPSA) is 130 Å². The van der Waals surface area contributed by atoms with Crippen molar-refractivity contribution in [1.82, 2.24) is 34.7 Å². The van der Waals surface area contributed by atoms with Gasteiger partial charge in [-0.3, -0.25) is 14.5 Å². The van der Waals surface area contributed by atoms with Gasteiger partial charge >= 0.3 is 0 Å². The Kier molecular flexibility index (Phi) is 5.38. The van der Waals surface area contributed by atoms with Gasteiger partial charge in [0.2, 0.25) is 5.91 Å². The van der Waals surface area contributed by atoms with Crippen molar-refractivity contribution in [3.63, 3.8) is 0 Å². The number of nitrogens with two attached hydrogens (primary N) is 1. The Morgan fingerprint density at radius 2 is 2.03 bits per heavy atom. The first-order valence-corrected chi connectivity index (χ1v) is 12.1. The summed E-state index contributed by atoms with van der Waals surface area (Å²) in [5.41, 5.74) is 15.6. The number of pyridine rings is 1. The number of rotatable bonds is 4. The number of piperidine rings is 1. The quantitative estimate of drug-likeness (QED) is 0.456. The van der Waals surface area contributed by atoms with Crippen LogP contribution in [-0.4, -0.2) is 66.5 Å². The fourth-order valence-electron chi connectivity index (χ4n) is 5.32. The highest BCUT2D eigenvalue weighted by Crippen LogP contribution is 2.29. The molecule has 3 aromatic rings. The maximum atomic E-state index is 11.9. The Hall–Kier alpha value is -3.96. The van der Waals surface area contributed by atoms with Crippen LogP contribution in [0.5, 0.6) is 0 Å². The van der Waals surface area contributed by atoms with Crippen molar-refractivity contribution >= 4 is 17.3 Å². The summed E-state index contributed by atoms with van der Waals surface area (Å²) < 4.78 is 3.97.